The zero-order valence-electron chi connectivity index (χ0n) is 15.1. The van der Waals surface area contributed by atoms with E-state index in [1.807, 2.05) is 44.2 Å². The Morgan fingerprint density at radius 1 is 1.07 bits per heavy atom. The molecule has 0 fully saturated rings. The summed E-state index contributed by atoms with van der Waals surface area (Å²) < 4.78 is 44.9. The third kappa shape index (κ3) is 4.54. The number of nitrogens with one attached hydrogen (secondary N) is 1. The highest BCUT2D eigenvalue weighted by atomic mass is 32.2. The first-order valence-electron chi connectivity index (χ1n) is 8.64. The molecule has 5 nitrogen and oxygen atoms in total. The number of hydrogen-bond acceptors (Lipinski definition) is 5. The van der Waals surface area contributed by atoms with Crippen LogP contribution in [0.15, 0.2) is 68.9 Å². The molecule has 0 amide bonds. The first kappa shape index (κ1) is 19.1. The van der Waals surface area contributed by atoms with Crippen molar-refractivity contribution in [3.63, 3.8) is 0 Å². The maximum atomic E-state index is 13.2. The van der Waals surface area contributed by atoms with E-state index in [9.17, 15) is 12.8 Å². The van der Waals surface area contributed by atoms with E-state index in [0.717, 1.165) is 17.7 Å². The Kier molecular flexibility index (Phi) is 5.60. The lowest BCUT2D eigenvalue weighted by atomic mass is 10.1. The van der Waals surface area contributed by atoms with Gasteiger partial charge in [0.1, 0.15) is 5.82 Å². The SMILES string of the molecule is CC(C)Cc1nc(S(=O)(=O)c2ccc(F)cc2)c(NCc2ccccc2)o1. The average Bonchev–Trinajstić information content (AvgIpc) is 3.04. The lowest BCUT2D eigenvalue weighted by molar-refractivity contribution is 0.466. The van der Waals surface area contributed by atoms with E-state index in [4.69, 9.17) is 4.42 Å². The maximum Gasteiger partial charge on any atom is 0.233 e. The third-order valence-corrected chi connectivity index (χ3v) is 5.58. The van der Waals surface area contributed by atoms with Crippen molar-refractivity contribution in [2.24, 2.45) is 5.92 Å². The second-order valence-corrected chi connectivity index (χ2v) is 8.50. The van der Waals surface area contributed by atoms with E-state index in [1.54, 1.807) is 0 Å². The van der Waals surface area contributed by atoms with Crippen molar-refractivity contribution in [1.29, 1.82) is 0 Å². The minimum Gasteiger partial charge on any atom is -0.424 e. The Morgan fingerprint density at radius 3 is 2.37 bits per heavy atom. The molecule has 0 aliphatic heterocycles. The molecule has 1 N–H and O–H groups in total. The fraction of sp³-hybridized carbons (Fsp3) is 0.250. The molecule has 1 aromatic heterocycles. The van der Waals surface area contributed by atoms with Crippen LogP contribution in [0.25, 0.3) is 0 Å². The largest absolute Gasteiger partial charge is 0.424 e. The number of rotatable bonds is 7. The number of oxazole rings is 1. The Balaban J connectivity index is 1.96. The first-order chi connectivity index (χ1) is 12.9. The summed E-state index contributed by atoms with van der Waals surface area (Å²) in [6.45, 7) is 4.38. The van der Waals surface area contributed by atoms with Crippen molar-refractivity contribution in [3.8, 4) is 0 Å². The molecule has 0 radical (unpaired) electrons. The maximum absolute atomic E-state index is 13.2. The Labute approximate surface area is 158 Å². The molecule has 0 bridgehead atoms. The molecule has 0 saturated heterocycles. The molecule has 27 heavy (non-hydrogen) atoms. The van der Waals surface area contributed by atoms with Gasteiger partial charge in [-0.2, -0.15) is 4.98 Å². The normalized spacial score (nSPS) is 11.7. The van der Waals surface area contributed by atoms with Crippen LogP contribution in [-0.4, -0.2) is 13.4 Å². The van der Waals surface area contributed by atoms with Crippen LogP contribution >= 0.6 is 0 Å². The summed E-state index contributed by atoms with van der Waals surface area (Å²) in [7, 11) is -3.94. The van der Waals surface area contributed by atoms with Gasteiger partial charge in [0.2, 0.25) is 20.7 Å². The second kappa shape index (κ2) is 7.92. The van der Waals surface area contributed by atoms with Crippen LogP contribution < -0.4 is 5.32 Å². The van der Waals surface area contributed by atoms with Crippen LogP contribution in [0.5, 0.6) is 0 Å². The predicted octanol–water partition coefficient (Wildman–Crippen LogP) is 4.46. The Morgan fingerprint density at radius 2 is 1.74 bits per heavy atom. The number of hydrogen-bond donors (Lipinski definition) is 1. The third-order valence-electron chi connectivity index (χ3n) is 3.90. The molecule has 0 aliphatic rings. The lowest BCUT2D eigenvalue weighted by Crippen LogP contribution is -2.07. The van der Waals surface area contributed by atoms with Crippen LogP contribution in [0.2, 0.25) is 0 Å². The van der Waals surface area contributed by atoms with Gasteiger partial charge in [0, 0.05) is 13.0 Å². The summed E-state index contributed by atoms with van der Waals surface area (Å²) in [5, 5.41) is 2.85. The fourth-order valence-corrected chi connectivity index (χ4v) is 3.88. The molecule has 0 atom stereocenters. The van der Waals surface area contributed by atoms with Crippen LogP contribution in [0.4, 0.5) is 10.3 Å². The van der Waals surface area contributed by atoms with E-state index in [0.29, 0.717) is 18.9 Å². The summed E-state index contributed by atoms with van der Waals surface area (Å²) in [6.07, 6.45) is 0.513. The molecular weight excluding hydrogens is 367 g/mol. The zero-order chi connectivity index (χ0) is 19.4. The summed E-state index contributed by atoms with van der Waals surface area (Å²) in [6, 6.07) is 14.2. The van der Waals surface area contributed by atoms with Gasteiger partial charge in [-0.05, 0) is 35.7 Å². The number of benzene rings is 2. The van der Waals surface area contributed by atoms with Crippen LogP contribution in [0, 0.1) is 11.7 Å². The van der Waals surface area contributed by atoms with Gasteiger partial charge in [-0.25, -0.2) is 12.8 Å². The van der Waals surface area contributed by atoms with Crippen LogP contribution in [0.3, 0.4) is 0 Å². The summed E-state index contributed by atoms with van der Waals surface area (Å²) in [4.78, 5) is 4.19. The molecule has 142 valence electrons. The van der Waals surface area contributed by atoms with Gasteiger partial charge in [-0.3, -0.25) is 0 Å². The van der Waals surface area contributed by atoms with Crippen molar-refractivity contribution < 1.29 is 17.2 Å². The van der Waals surface area contributed by atoms with E-state index < -0.39 is 15.7 Å². The van der Waals surface area contributed by atoms with Gasteiger partial charge in [-0.15, -0.1) is 0 Å². The van der Waals surface area contributed by atoms with Gasteiger partial charge >= 0.3 is 0 Å². The van der Waals surface area contributed by atoms with Crippen molar-refractivity contribution in [2.45, 2.75) is 36.7 Å². The number of aromatic nitrogens is 1. The fourth-order valence-electron chi connectivity index (χ4n) is 2.58. The predicted molar refractivity (Wildman–Crippen MR) is 101 cm³/mol. The molecule has 3 aromatic rings. The highest BCUT2D eigenvalue weighted by Crippen LogP contribution is 2.29. The van der Waals surface area contributed by atoms with Gasteiger partial charge in [0.25, 0.3) is 0 Å². The minimum atomic E-state index is -3.94. The molecule has 0 spiro atoms. The van der Waals surface area contributed by atoms with E-state index >= 15 is 0 Å². The zero-order valence-corrected chi connectivity index (χ0v) is 16.0. The van der Waals surface area contributed by atoms with Crippen LogP contribution in [0.1, 0.15) is 25.3 Å². The van der Waals surface area contributed by atoms with E-state index in [-0.39, 0.29) is 21.7 Å². The summed E-state index contributed by atoms with van der Waals surface area (Å²) >= 11 is 0. The molecule has 3 rings (SSSR count). The van der Waals surface area contributed by atoms with Gasteiger partial charge in [-0.1, -0.05) is 44.2 Å². The first-order valence-corrected chi connectivity index (χ1v) is 10.1. The standard InChI is InChI=1S/C20H21FN2O3S/c1-14(2)12-18-23-20(27(24,25)17-10-8-16(21)9-11-17)19(26-18)22-13-15-6-4-3-5-7-15/h3-11,14,22H,12-13H2,1-2H3. The second-order valence-electron chi connectivity index (χ2n) is 6.64. The lowest BCUT2D eigenvalue weighted by Gasteiger charge is -2.06. The number of anilines is 1. The molecule has 0 aliphatic carbocycles. The number of nitrogens with zero attached hydrogens (tertiary/aromatic N) is 1. The highest BCUT2D eigenvalue weighted by molar-refractivity contribution is 7.91. The van der Waals surface area contributed by atoms with Crippen molar-refractivity contribution >= 4 is 15.7 Å². The molecule has 0 unspecified atom stereocenters. The quantitative estimate of drug-likeness (QED) is 0.605. The van der Waals surface area contributed by atoms with Crippen molar-refractivity contribution in [2.75, 3.05) is 5.32 Å². The van der Waals surface area contributed by atoms with Gasteiger partial charge in [0.15, 0.2) is 5.89 Å². The Bertz CT molecular complexity index is 997. The van der Waals surface area contributed by atoms with Crippen molar-refractivity contribution in [3.05, 3.63) is 71.9 Å². The molecule has 1 heterocycles. The van der Waals surface area contributed by atoms with Crippen LogP contribution in [-0.2, 0) is 22.8 Å². The van der Waals surface area contributed by atoms with Crippen molar-refractivity contribution in [1.82, 2.24) is 4.98 Å². The van der Waals surface area contributed by atoms with E-state index in [2.05, 4.69) is 10.3 Å². The smallest absolute Gasteiger partial charge is 0.233 e. The topological polar surface area (TPSA) is 72.2 Å². The number of sulfone groups is 1. The monoisotopic (exact) mass is 388 g/mol. The van der Waals surface area contributed by atoms with E-state index in [1.165, 1.54) is 12.1 Å². The minimum absolute atomic E-state index is 0.0314. The Hall–Kier alpha value is -2.67. The summed E-state index contributed by atoms with van der Waals surface area (Å²) in [5.74, 6) is 0.198. The molecule has 2 aromatic carbocycles. The molecule has 7 heteroatoms. The molecule has 0 saturated carbocycles. The average molecular weight is 388 g/mol. The molecular formula is C20H21FN2O3S. The van der Waals surface area contributed by atoms with Gasteiger partial charge in [0.05, 0.1) is 4.90 Å². The number of halogens is 1. The highest BCUT2D eigenvalue weighted by Gasteiger charge is 2.28. The van der Waals surface area contributed by atoms with Gasteiger partial charge < -0.3 is 9.73 Å². The summed E-state index contributed by atoms with van der Waals surface area (Å²) in [5.41, 5.74) is 0.976.